The number of para-hydroxylation sites is 2. The molecule has 3 aromatic rings. The highest BCUT2D eigenvalue weighted by Gasteiger charge is 2.17. The Bertz CT molecular complexity index is 1170. The van der Waals surface area contributed by atoms with Crippen molar-refractivity contribution >= 4 is 50.5 Å². The Morgan fingerprint density at radius 1 is 0.931 bits per heavy atom. The molecule has 150 valence electrons. The van der Waals surface area contributed by atoms with Crippen molar-refractivity contribution in [2.45, 2.75) is 4.90 Å². The van der Waals surface area contributed by atoms with E-state index in [1.807, 2.05) is 0 Å². The first-order valence-electron chi connectivity index (χ1n) is 8.32. The average Bonchev–Trinajstić information content (AvgIpc) is 2.70. The van der Waals surface area contributed by atoms with Gasteiger partial charge in [-0.1, -0.05) is 41.4 Å². The Hall–Kier alpha value is -2.74. The number of ether oxygens (including phenoxy) is 1. The Balaban J connectivity index is 1.83. The van der Waals surface area contributed by atoms with Gasteiger partial charge in [0, 0.05) is 11.3 Å². The van der Waals surface area contributed by atoms with Crippen molar-refractivity contribution < 1.29 is 17.9 Å². The lowest BCUT2D eigenvalue weighted by atomic mass is 10.2. The molecule has 3 rings (SSSR count). The Morgan fingerprint density at radius 3 is 2.41 bits per heavy atom. The lowest BCUT2D eigenvalue weighted by Crippen LogP contribution is -2.15. The van der Waals surface area contributed by atoms with Gasteiger partial charge in [-0.15, -0.1) is 0 Å². The third kappa shape index (κ3) is 5.00. The molecule has 0 saturated heterocycles. The van der Waals surface area contributed by atoms with Crippen LogP contribution in [0, 0.1) is 0 Å². The van der Waals surface area contributed by atoms with Crippen molar-refractivity contribution in [2.75, 3.05) is 17.1 Å². The molecular formula is C20H16Cl2N2O4S. The molecule has 0 heterocycles. The quantitative estimate of drug-likeness (QED) is 0.549. The fraction of sp³-hybridized carbons (Fsp3) is 0.0500. The van der Waals surface area contributed by atoms with Gasteiger partial charge in [-0.05, 0) is 48.5 Å². The maximum absolute atomic E-state index is 12.7. The van der Waals surface area contributed by atoms with Crippen molar-refractivity contribution in [3.63, 3.8) is 0 Å². The van der Waals surface area contributed by atoms with Crippen LogP contribution in [-0.2, 0) is 10.0 Å². The highest BCUT2D eigenvalue weighted by molar-refractivity contribution is 7.92. The van der Waals surface area contributed by atoms with Crippen molar-refractivity contribution in [3.05, 3.63) is 82.3 Å². The van der Waals surface area contributed by atoms with Crippen molar-refractivity contribution in [3.8, 4) is 5.75 Å². The number of carbonyl (C=O) groups excluding carboxylic acids is 1. The standard InChI is InChI=1S/C20H16Cl2N2O4S/c1-28-19-8-3-2-7-18(19)24-29(26,27)15-6-4-5-14(12-15)23-20(25)13-9-10-16(21)17(22)11-13/h2-12,24H,1H3,(H,23,25). The maximum atomic E-state index is 12.7. The van der Waals surface area contributed by atoms with E-state index < -0.39 is 15.9 Å². The van der Waals surface area contributed by atoms with E-state index in [-0.39, 0.29) is 9.92 Å². The summed E-state index contributed by atoms with van der Waals surface area (Å²) in [5, 5.41) is 3.23. The van der Waals surface area contributed by atoms with Gasteiger partial charge in [0.2, 0.25) is 0 Å². The summed E-state index contributed by atoms with van der Waals surface area (Å²) in [5.74, 6) is -0.0593. The molecule has 0 fully saturated rings. The number of benzene rings is 3. The first-order chi connectivity index (χ1) is 13.8. The van der Waals surface area contributed by atoms with Crippen LogP contribution < -0.4 is 14.8 Å². The van der Waals surface area contributed by atoms with Gasteiger partial charge in [0.15, 0.2) is 0 Å². The van der Waals surface area contributed by atoms with Crippen molar-refractivity contribution in [1.29, 1.82) is 0 Å². The monoisotopic (exact) mass is 450 g/mol. The van der Waals surface area contributed by atoms with Crippen molar-refractivity contribution in [2.24, 2.45) is 0 Å². The number of amides is 1. The number of hydrogen-bond acceptors (Lipinski definition) is 4. The van der Waals surface area contributed by atoms with Gasteiger partial charge in [-0.2, -0.15) is 0 Å². The first-order valence-corrected chi connectivity index (χ1v) is 10.6. The number of rotatable bonds is 6. The second-order valence-electron chi connectivity index (χ2n) is 5.92. The van der Waals surface area contributed by atoms with Gasteiger partial charge < -0.3 is 10.1 Å². The molecule has 2 N–H and O–H groups in total. The minimum absolute atomic E-state index is 0.0182. The van der Waals surface area contributed by atoms with Crippen molar-refractivity contribution in [1.82, 2.24) is 0 Å². The zero-order chi connectivity index (χ0) is 21.0. The molecule has 0 spiro atoms. The van der Waals surface area contributed by atoms with E-state index in [2.05, 4.69) is 10.0 Å². The summed E-state index contributed by atoms with van der Waals surface area (Å²) in [6, 6.07) is 17.0. The van der Waals surface area contributed by atoms with E-state index in [0.717, 1.165) is 0 Å². The summed E-state index contributed by atoms with van der Waals surface area (Å²) in [6.45, 7) is 0. The van der Waals surface area contributed by atoms with Crippen LogP contribution in [0.3, 0.4) is 0 Å². The normalized spacial score (nSPS) is 11.0. The van der Waals surface area contributed by atoms with Crippen LogP contribution in [0.2, 0.25) is 10.0 Å². The highest BCUT2D eigenvalue weighted by Crippen LogP contribution is 2.27. The van der Waals surface area contributed by atoms with Gasteiger partial charge in [-0.3, -0.25) is 9.52 Å². The van der Waals surface area contributed by atoms with E-state index in [0.29, 0.717) is 27.7 Å². The molecular weight excluding hydrogens is 435 g/mol. The van der Waals surface area contributed by atoms with E-state index >= 15 is 0 Å². The Labute approximate surface area is 178 Å². The van der Waals surface area contributed by atoms with Gasteiger partial charge >= 0.3 is 0 Å². The predicted molar refractivity (Wildman–Crippen MR) is 115 cm³/mol. The number of carbonyl (C=O) groups is 1. The fourth-order valence-electron chi connectivity index (χ4n) is 2.51. The molecule has 6 nitrogen and oxygen atoms in total. The van der Waals surface area contributed by atoms with Gasteiger partial charge in [-0.25, -0.2) is 8.42 Å². The number of hydrogen-bond donors (Lipinski definition) is 2. The molecule has 1 amide bonds. The topological polar surface area (TPSA) is 84.5 Å². The third-order valence-electron chi connectivity index (χ3n) is 3.94. The largest absolute Gasteiger partial charge is 0.495 e. The second-order valence-corrected chi connectivity index (χ2v) is 8.41. The zero-order valence-corrected chi connectivity index (χ0v) is 17.5. The number of sulfonamides is 1. The zero-order valence-electron chi connectivity index (χ0n) is 15.1. The highest BCUT2D eigenvalue weighted by atomic mass is 35.5. The number of halogens is 2. The molecule has 0 aliphatic heterocycles. The first kappa shape index (κ1) is 21.0. The molecule has 0 aliphatic rings. The van der Waals surface area contributed by atoms with E-state index in [1.165, 1.54) is 43.5 Å². The maximum Gasteiger partial charge on any atom is 0.262 e. The SMILES string of the molecule is COc1ccccc1NS(=O)(=O)c1cccc(NC(=O)c2ccc(Cl)c(Cl)c2)c1. The molecule has 3 aromatic carbocycles. The average molecular weight is 451 g/mol. The summed E-state index contributed by atoms with van der Waals surface area (Å²) in [7, 11) is -2.45. The summed E-state index contributed by atoms with van der Waals surface area (Å²) in [5.41, 5.74) is 0.907. The summed E-state index contributed by atoms with van der Waals surface area (Å²) >= 11 is 11.8. The summed E-state index contributed by atoms with van der Waals surface area (Å²) < 4.78 is 33.1. The third-order valence-corrected chi connectivity index (χ3v) is 6.04. The molecule has 0 aromatic heterocycles. The smallest absolute Gasteiger partial charge is 0.262 e. The Kier molecular flexibility index (Phi) is 6.32. The molecule has 29 heavy (non-hydrogen) atoms. The van der Waals surface area contributed by atoms with Crippen LogP contribution >= 0.6 is 23.2 Å². The second kappa shape index (κ2) is 8.73. The molecule has 0 unspecified atom stereocenters. The van der Waals surface area contributed by atoms with Crippen LogP contribution in [0.25, 0.3) is 0 Å². The molecule has 0 bridgehead atoms. The predicted octanol–water partition coefficient (Wildman–Crippen LogP) is 5.06. The van der Waals surface area contributed by atoms with Gasteiger partial charge in [0.1, 0.15) is 5.75 Å². The summed E-state index contributed by atoms with van der Waals surface area (Å²) in [4.78, 5) is 12.4. The molecule has 9 heteroatoms. The lowest BCUT2D eigenvalue weighted by Gasteiger charge is -2.12. The molecule has 0 radical (unpaired) electrons. The number of nitrogens with one attached hydrogen (secondary N) is 2. The van der Waals surface area contributed by atoms with Crippen LogP contribution in [0.5, 0.6) is 5.75 Å². The van der Waals surface area contributed by atoms with Gasteiger partial charge in [0.05, 0.1) is 27.7 Å². The van der Waals surface area contributed by atoms with E-state index in [1.54, 1.807) is 30.3 Å². The fourth-order valence-corrected chi connectivity index (χ4v) is 3.93. The lowest BCUT2D eigenvalue weighted by molar-refractivity contribution is 0.102. The number of methoxy groups -OCH3 is 1. The summed E-state index contributed by atoms with van der Waals surface area (Å²) in [6.07, 6.45) is 0. The molecule has 0 aliphatic carbocycles. The Morgan fingerprint density at radius 2 is 1.69 bits per heavy atom. The minimum atomic E-state index is -3.90. The van der Waals surface area contributed by atoms with Crippen LogP contribution in [0.15, 0.2) is 71.6 Å². The van der Waals surface area contributed by atoms with E-state index in [9.17, 15) is 13.2 Å². The number of anilines is 2. The molecule has 0 atom stereocenters. The van der Waals surface area contributed by atoms with Crippen LogP contribution in [0.4, 0.5) is 11.4 Å². The van der Waals surface area contributed by atoms with Gasteiger partial charge in [0.25, 0.3) is 15.9 Å². The molecule has 0 saturated carbocycles. The van der Waals surface area contributed by atoms with E-state index in [4.69, 9.17) is 27.9 Å². The minimum Gasteiger partial charge on any atom is -0.495 e. The van der Waals surface area contributed by atoms with Crippen LogP contribution in [0.1, 0.15) is 10.4 Å². The van der Waals surface area contributed by atoms with Crippen LogP contribution in [-0.4, -0.2) is 21.4 Å².